The molecule has 36 heavy (non-hydrogen) atoms. The summed E-state index contributed by atoms with van der Waals surface area (Å²) in [5.74, 6) is 0.921. The molecular formula is C27H26N4O5. The maximum absolute atomic E-state index is 12.8. The van der Waals surface area contributed by atoms with Crippen LogP contribution in [0.25, 0.3) is 5.69 Å². The molecule has 2 amide bonds. The second-order valence-corrected chi connectivity index (χ2v) is 7.84. The Balaban J connectivity index is 1.38. The molecule has 2 N–H and O–H groups in total. The summed E-state index contributed by atoms with van der Waals surface area (Å²) in [7, 11) is 3.12. The molecule has 1 heterocycles. The van der Waals surface area contributed by atoms with Crippen LogP contribution in [0.2, 0.25) is 0 Å². The molecule has 0 aliphatic heterocycles. The summed E-state index contributed by atoms with van der Waals surface area (Å²) < 4.78 is 17.8. The highest BCUT2D eigenvalue weighted by Gasteiger charge is 2.14. The third-order valence-corrected chi connectivity index (χ3v) is 5.23. The SMILES string of the molecule is COc1ccccc1OCC(=O)Nc1cccc(NC(=O)c2ccn(-c3cc(C)ccc3OC)n2)c1. The van der Waals surface area contributed by atoms with E-state index >= 15 is 0 Å². The first-order chi connectivity index (χ1) is 17.5. The van der Waals surface area contributed by atoms with Gasteiger partial charge in [-0.15, -0.1) is 0 Å². The lowest BCUT2D eigenvalue weighted by molar-refractivity contribution is -0.118. The maximum atomic E-state index is 12.8. The van der Waals surface area contributed by atoms with Gasteiger partial charge in [0.05, 0.1) is 14.2 Å². The highest BCUT2D eigenvalue weighted by Crippen LogP contribution is 2.26. The van der Waals surface area contributed by atoms with Crippen molar-refractivity contribution < 1.29 is 23.8 Å². The third kappa shape index (κ3) is 5.82. The lowest BCUT2D eigenvalue weighted by Gasteiger charge is -2.11. The molecule has 4 rings (SSSR count). The number of hydrogen-bond acceptors (Lipinski definition) is 6. The monoisotopic (exact) mass is 486 g/mol. The van der Waals surface area contributed by atoms with E-state index in [1.807, 2.05) is 31.2 Å². The molecule has 4 aromatic rings. The van der Waals surface area contributed by atoms with E-state index in [-0.39, 0.29) is 24.1 Å². The van der Waals surface area contributed by atoms with Crippen LogP contribution in [0.5, 0.6) is 17.2 Å². The Kier molecular flexibility index (Phi) is 7.50. The highest BCUT2D eigenvalue weighted by atomic mass is 16.5. The van der Waals surface area contributed by atoms with Gasteiger partial charge in [-0.3, -0.25) is 9.59 Å². The van der Waals surface area contributed by atoms with Crippen LogP contribution in [-0.2, 0) is 4.79 Å². The number of carbonyl (C=O) groups is 2. The number of hydrogen-bond donors (Lipinski definition) is 2. The first-order valence-corrected chi connectivity index (χ1v) is 11.1. The van der Waals surface area contributed by atoms with Crippen molar-refractivity contribution in [1.29, 1.82) is 0 Å². The Labute approximate surface area is 208 Å². The number of nitrogens with zero attached hydrogens (tertiary/aromatic N) is 2. The summed E-state index contributed by atoms with van der Waals surface area (Å²) in [5.41, 5.74) is 3.02. The zero-order chi connectivity index (χ0) is 25.5. The van der Waals surface area contributed by atoms with Gasteiger partial charge in [-0.2, -0.15) is 5.10 Å². The van der Waals surface area contributed by atoms with Gasteiger partial charge < -0.3 is 24.8 Å². The summed E-state index contributed by atoms with van der Waals surface area (Å²) in [6.07, 6.45) is 1.70. The minimum Gasteiger partial charge on any atom is -0.494 e. The molecule has 0 spiro atoms. The number of ether oxygens (including phenoxy) is 3. The standard InChI is InChI=1S/C27H26N4O5/c1-18-11-12-23(34-2)22(15-18)31-14-13-21(30-31)27(33)29-20-8-6-7-19(16-20)28-26(32)17-36-25-10-5-4-9-24(25)35-3/h4-16H,17H2,1-3H3,(H,28,32)(H,29,33). The van der Waals surface area contributed by atoms with Crippen LogP contribution in [0.4, 0.5) is 11.4 Å². The van der Waals surface area contributed by atoms with Crippen molar-refractivity contribution in [2.45, 2.75) is 6.92 Å². The Morgan fingerprint density at radius 1 is 0.833 bits per heavy atom. The van der Waals surface area contributed by atoms with Crippen molar-refractivity contribution in [1.82, 2.24) is 9.78 Å². The number of carbonyl (C=O) groups excluding carboxylic acids is 2. The number of amides is 2. The van der Waals surface area contributed by atoms with Gasteiger partial charge >= 0.3 is 0 Å². The number of methoxy groups -OCH3 is 2. The van der Waals surface area contributed by atoms with E-state index in [2.05, 4.69) is 15.7 Å². The Bertz CT molecular complexity index is 1380. The second kappa shape index (κ2) is 11.1. The number of anilines is 2. The Hall–Kier alpha value is -4.79. The van der Waals surface area contributed by atoms with Gasteiger partial charge in [0, 0.05) is 17.6 Å². The van der Waals surface area contributed by atoms with Crippen LogP contribution >= 0.6 is 0 Å². The molecule has 0 fully saturated rings. The lowest BCUT2D eigenvalue weighted by atomic mass is 10.2. The van der Waals surface area contributed by atoms with Gasteiger partial charge in [0.2, 0.25) is 0 Å². The molecule has 0 saturated carbocycles. The first-order valence-electron chi connectivity index (χ1n) is 11.1. The van der Waals surface area contributed by atoms with Gasteiger partial charge in [-0.25, -0.2) is 4.68 Å². The van der Waals surface area contributed by atoms with Crippen molar-refractivity contribution >= 4 is 23.2 Å². The van der Waals surface area contributed by atoms with Crippen molar-refractivity contribution in [2.24, 2.45) is 0 Å². The zero-order valence-electron chi connectivity index (χ0n) is 20.1. The van der Waals surface area contributed by atoms with E-state index in [1.165, 1.54) is 7.11 Å². The fraction of sp³-hybridized carbons (Fsp3) is 0.148. The lowest BCUT2D eigenvalue weighted by Crippen LogP contribution is -2.20. The van der Waals surface area contributed by atoms with Crippen LogP contribution in [-0.4, -0.2) is 42.4 Å². The fourth-order valence-electron chi connectivity index (χ4n) is 3.51. The fourth-order valence-corrected chi connectivity index (χ4v) is 3.51. The van der Waals surface area contributed by atoms with Crippen molar-refractivity contribution in [3.05, 3.63) is 90.3 Å². The minimum absolute atomic E-state index is 0.198. The number of para-hydroxylation sites is 2. The normalized spacial score (nSPS) is 10.4. The number of nitrogens with one attached hydrogen (secondary N) is 2. The molecule has 0 bridgehead atoms. The molecule has 0 atom stereocenters. The number of rotatable bonds is 9. The molecule has 9 heteroatoms. The summed E-state index contributed by atoms with van der Waals surface area (Å²) in [6, 6.07) is 21.2. The van der Waals surface area contributed by atoms with E-state index in [4.69, 9.17) is 14.2 Å². The van der Waals surface area contributed by atoms with E-state index in [0.29, 0.717) is 28.6 Å². The van der Waals surface area contributed by atoms with Crippen LogP contribution in [0.3, 0.4) is 0 Å². The predicted molar refractivity (Wildman–Crippen MR) is 136 cm³/mol. The number of benzene rings is 3. The molecule has 9 nitrogen and oxygen atoms in total. The van der Waals surface area contributed by atoms with Gasteiger partial charge in [0.25, 0.3) is 11.8 Å². The molecule has 3 aromatic carbocycles. The molecule has 0 radical (unpaired) electrons. The topological polar surface area (TPSA) is 104 Å². The third-order valence-electron chi connectivity index (χ3n) is 5.23. The summed E-state index contributed by atoms with van der Waals surface area (Å²) in [6.45, 7) is 1.77. The summed E-state index contributed by atoms with van der Waals surface area (Å²) in [5, 5.41) is 9.95. The Morgan fingerprint density at radius 3 is 2.31 bits per heavy atom. The van der Waals surface area contributed by atoms with E-state index in [1.54, 1.807) is 66.5 Å². The average Bonchev–Trinajstić information content (AvgIpc) is 3.38. The van der Waals surface area contributed by atoms with E-state index in [0.717, 1.165) is 11.3 Å². The minimum atomic E-state index is -0.386. The van der Waals surface area contributed by atoms with E-state index < -0.39 is 0 Å². The van der Waals surface area contributed by atoms with Crippen LogP contribution < -0.4 is 24.8 Å². The largest absolute Gasteiger partial charge is 0.494 e. The molecule has 0 aliphatic carbocycles. The molecule has 0 unspecified atom stereocenters. The Morgan fingerprint density at radius 2 is 1.56 bits per heavy atom. The smallest absolute Gasteiger partial charge is 0.276 e. The van der Waals surface area contributed by atoms with Crippen LogP contribution in [0, 0.1) is 6.92 Å². The van der Waals surface area contributed by atoms with Gasteiger partial charge in [0.1, 0.15) is 11.4 Å². The summed E-state index contributed by atoms with van der Waals surface area (Å²) in [4.78, 5) is 25.2. The molecule has 0 saturated heterocycles. The number of aryl methyl sites for hydroxylation is 1. The average molecular weight is 487 g/mol. The number of aromatic nitrogens is 2. The zero-order valence-corrected chi connectivity index (χ0v) is 20.1. The highest BCUT2D eigenvalue weighted by molar-refractivity contribution is 6.03. The van der Waals surface area contributed by atoms with Gasteiger partial charge in [-0.05, 0) is 61.0 Å². The van der Waals surface area contributed by atoms with E-state index in [9.17, 15) is 9.59 Å². The van der Waals surface area contributed by atoms with Crippen molar-refractivity contribution in [3.63, 3.8) is 0 Å². The van der Waals surface area contributed by atoms with Crippen LogP contribution in [0.1, 0.15) is 16.1 Å². The molecular weight excluding hydrogens is 460 g/mol. The van der Waals surface area contributed by atoms with Crippen molar-refractivity contribution in [3.8, 4) is 22.9 Å². The molecule has 0 aliphatic rings. The maximum Gasteiger partial charge on any atom is 0.276 e. The van der Waals surface area contributed by atoms with Gasteiger partial charge in [0.15, 0.2) is 23.8 Å². The van der Waals surface area contributed by atoms with Crippen LogP contribution in [0.15, 0.2) is 79.0 Å². The molecule has 184 valence electrons. The second-order valence-electron chi connectivity index (χ2n) is 7.84. The predicted octanol–water partition coefficient (Wildman–Crippen LogP) is 4.47. The quantitative estimate of drug-likeness (QED) is 0.362. The molecule has 1 aromatic heterocycles. The summed E-state index contributed by atoms with van der Waals surface area (Å²) >= 11 is 0. The van der Waals surface area contributed by atoms with Gasteiger partial charge in [-0.1, -0.05) is 24.3 Å². The van der Waals surface area contributed by atoms with Crippen molar-refractivity contribution in [2.75, 3.05) is 31.5 Å². The first kappa shape index (κ1) is 24.3.